The summed E-state index contributed by atoms with van der Waals surface area (Å²) in [5.74, 6) is 3.43. The lowest BCUT2D eigenvalue weighted by atomic mass is 9.57. The molecule has 1 aromatic rings. The summed E-state index contributed by atoms with van der Waals surface area (Å²) in [6, 6.07) is 8.06. The van der Waals surface area contributed by atoms with Crippen LogP contribution < -0.4 is 11.1 Å². The predicted octanol–water partition coefficient (Wildman–Crippen LogP) is 7.37. The number of nitrogens with zero attached hydrogens (tertiary/aromatic N) is 1. The number of Topliss-reactive ketones (excluding diaryl/α,β-unsaturated/α-hetero) is 2. The van der Waals surface area contributed by atoms with Crippen LogP contribution in [0.5, 0.6) is 0 Å². The van der Waals surface area contributed by atoms with Crippen molar-refractivity contribution in [2.75, 3.05) is 26.2 Å². The first-order valence-corrected chi connectivity index (χ1v) is 20.5. The molecule has 9 atom stereocenters. The Bertz CT molecular complexity index is 1550. The van der Waals surface area contributed by atoms with Crippen LogP contribution in [0.15, 0.2) is 47.1 Å². The van der Waals surface area contributed by atoms with Crippen LogP contribution in [0.3, 0.4) is 0 Å². The second-order valence-electron chi connectivity index (χ2n) is 17.5. The number of benzene rings is 1. The van der Waals surface area contributed by atoms with Crippen molar-refractivity contribution in [1.29, 1.82) is 0 Å². The number of ketones is 2. The first-order valence-electron chi connectivity index (χ1n) is 20.5. The number of allylic oxidation sites excluding steroid dienone is 3. The molecule has 7 rings (SSSR count). The minimum absolute atomic E-state index is 0.0751. The summed E-state index contributed by atoms with van der Waals surface area (Å²) in [4.78, 5) is 41.4. The molecule has 0 radical (unpaired) electrons. The highest BCUT2D eigenvalue weighted by Crippen LogP contribution is 2.65. The maximum atomic E-state index is 14.1. The SMILES string of the molecule is CC1=C2C[C@H]3[C@@H](CC=C4CC(=O)CC[C@@]43C)[C@@H]2CC[C@]12OC1C[C@H](C)CN(C(=O)CCc3ccc(C(=O)CCCCCNCCN)cc3)[C@H]1[C@H]2C. The summed E-state index contributed by atoms with van der Waals surface area (Å²) in [6.45, 7) is 12.7. The molecule has 2 heterocycles. The van der Waals surface area contributed by atoms with Gasteiger partial charge in [0.2, 0.25) is 5.91 Å². The Kier molecular flexibility index (Phi) is 10.8. The Morgan fingerprint density at radius 3 is 2.65 bits per heavy atom. The van der Waals surface area contributed by atoms with E-state index in [1.807, 2.05) is 24.3 Å². The summed E-state index contributed by atoms with van der Waals surface area (Å²) >= 11 is 0. The van der Waals surface area contributed by atoms with Gasteiger partial charge in [0.1, 0.15) is 5.78 Å². The molecule has 1 unspecified atom stereocenters. The minimum Gasteiger partial charge on any atom is -0.365 e. The van der Waals surface area contributed by atoms with Crippen molar-refractivity contribution >= 4 is 17.5 Å². The van der Waals surface area contributed by atoms with Crippen LogP contribution in [0.4, 0.5) is 0 Å². The topological polar surface area (TPSA) is 102 Å². The van der Waals surface area contributed by atoms with E-state index in [-0.39, 0.29) is 40.8 Å². The number of hydrogen-bond acceptors (Lipinski definition) is 6. The van der Waals surface area contributed by atoms with E-state index in [4.69, 9.17) is 10.5 Å². The summed E-state index contributed by atoms with van der Waals surface area (Å²) < 4.78 is 7.28. The Morgan fingerprint density at radius 1 is 1.06 bits per heavy atom. The van der Waals surface area contributed by atoms with Gasteiger partial charge in [-0.15, -0.1) is 0 Å². The van der Waals surface area contributed by atoms with Crippen molar-refractivity contribution < 1.29 is 19.1 Å². The van der Waals surface area contributed by atoms with E-state index in [1.54, 1.807) is 5.57 Å². The highest BCUT2D eigenvalue weighted by atomic mass is 16.5. The number of unbranched alkanes of at least 4 members (excludes halogenated alkanes) is 2. The number of rotatable bonds is 12. The zero-order valence-electron chi connectivity index (χ0n) is 31.8. The number of ether oxygens (including phenoxy) is 1. The maximum absolute atomic E-state index is 14.1. The maximum Gasteiger partial charge on any atom is 0.223 e. The van der Waals surface area contributed by atoms with Crippen molar-refractivity contribution in [2.45, 2.75) is 135 Å². The number of nitrogens with one attached hydrogen (secondary N) is 1. The molecule has 1 spiro atoms. The Labute approximate surface area is 306 Å². The normalized spacial score (nSPS) is 35.7. The summed E-state index contributed by atoms with van der Waals surface area (Å²) in [5.41, 5.74) is 11.8. The minimum atomic E-state index is -0.291. The molecule has 2 saturated carbocycles. The van der Waals surface area contributed by atoms with Crippen LogP contribution in [0, 0.1) is 35.0 Å². The second-order valence-corrected chi connectivity index (χ2v) is 17.5. The highest BCUT2D eigenvalue weighted by Gasteiger charge is 2.62. The first kappa shape index (κ1) is 36.7. The van der Waals surface area contributed by atoms with Crippen molar-refractivity contribution in [3.05, 3.63) is 58.2 Å². The number of aryl methyl sites for hydroxylation is 1. The molecular formula is C44H63N3O4. The largest absolute Gasteiger partial charge is 0.365 e. The zero-order chi connectivity index (χ0) is 35.9. The molecular weight excluding hydrogens is 635 g/mol. The van der Waals surface area contributed by atoms with Gasteiger partial charge in [-0.05, 0) is 111 Å². The van der Waals surface area contributed by atoms with E-state index in [0.717, 1.165) is 88.5 Å². The third kappa shape index (κ3) is 6.85. The van der Waals surface area contributed by atoms with Crippen LogP contribution in [0.25, 0.3) is 0 Å². The number of carbonyl (C=O) groups is 3. The Balaban J connectivity index is 0.986. The summed E-state index contributed by atoms with van der Waals surface area (Å²) in [7, 11) is 0. The predicted molar refractivity (Wildman–Crippen MR) is 202 cm³/mol. The standard InChI is InChI=1S/C44H63N3O4/c1-28-24-40-42(47(27-28)41(50)16-11-31-9-12-32(13-10-31)39(49)8-6-5-7-22-46-23-21-45)30(3)44(51-40)20-18-35-36-15-14-33-25-34(48)17-19-43(33,4)38(36)26-37(35)29(44)2/h9-10,12-14,28,30,35-36,38,40,42,46H,5-8,11,15-27,45H2,1-4H3/t28-,30+,35-,36-,38-,40?,42-,43-,44-/m0/s1. The molecule has 7 nitrogen and oxygen atoms in total. The van der Waals surface area contributed by atoms with E-state index in [0.29, 0.717) is 61.7 Å². The number of amides is 1. The van der Waals surface area contributed by atoms with Gasteiger partial charge >= 0.3 is 0 Å². The monoisotopic (exact) mass is 697 g/mol. The lowest BCUT2D eigenvalue weighted by Crippen LogP contribution is -2.54. The highest BCUT2D eigenvalue weighted by molar-refractivity contribution is 5.96. The van der Waals surface area contributed by atoms with E-state index < -0.39 is 0 Å². The molecule has 0 bridgehead atoms. The average Bonchev–Trinajstić information content (AvgIpc) is 3.65. The van der Waals surface area contributed by atoms with Gasteiger partial charge in [-0.1, -0.05) is 68.7 Å². The van der Waals surface area contributed by atoms with Crippen LogP contribution in [-0.2, 0) is 20.7 Å². The van der Waals surface area contributed by atoms with Crippen LogP contribution in [0.2, 0.25) is 0 Å². The third-order valence-electron chi connectivity index (χ3n) is 14.7. The van der Waals surface area contributed by atoms with E-state index in [9.17, 15) is 14.4 Å². The molecule has 6 aliphatic rings. The smallest absolute Gasteiger partial charge is 0.223 e. The molecule has 1 aromatic carbocycles. The first-order chi connectivity index (χ1) is 24.6. The lowest BCUT2D eigenvalue weighted by Gasteiger charge is -2.47. The van der Waals surface area contributed by atoms with Gasteiger partial charge in [0.05, 0.1) is 17.7 Å². The lowest BCUT2D eigenvalue weighted by molar-refractivity contribution is -0.139. The van der Waals surface area contributed by atoms with Gasteiger partial charge in [-0.2, -0.15) is 0 Å². The fraction of sp³-hybridized carbons (Fsp3) is 0.705. The van der Waals surface area contributed by atoms with Crippen LogP contribution in [0.1, 0.15) is 127 Å². The number of hydrogen-bond donors (Lipinski definition) is 2. The molecule has 2 aliphatic heterocycles. The van der Waals surface area contributed by atoms with Gasteiger partial charge < -0.3 is 20.7 Å². The Hall–Kier alpha value is -2.61. The van der Waals surface area contributed by atoms with Gasteiger partial charge in [0.25, 0.3) is 0 Å². The fourth-order valence-corrected chi connectivity index (χ4v) is 11.8. The van der Waals surface area contributed by atoms with Crippen molar-refractivity contribution in [2.24, 2.45) is 40.7 Å². The van der Waals surface area contributed by atoms with Gasteiger partial charge in [0, 0.05) is 56.8 Å². The van der Waals surface area contributed by atoms with E-state index >= 15 is 0 Å². The quantitative estimate of drug-likeness (QED) is 0.134. The van der Waals surface area contributed by atoms with E-state index in [2.05, 4.69) is 44.0 Å². The molecule has 2 saturated heterocycles. The molecule has 51 heavy (non-hydrogen) atoms. The molecule has 4 fully saturated rings. The van der Waals surface area contributed by atoms with Crippen molar-refractivity contribution in [3.63, 3.8) is 0 Å². The van der Waals surface area contributed by atoms with Crippen molar-refractivity contribution in [1.82, 2.24) is 10.2 Å². The van der Waals surface area contributed by atoms with Gasteiger partial charge in [0.15, 0.2) is 5.78 Å². The average molecular weight is 698 g/mol. The number of piperidine rings is 1. The molecule has 4 aliphatic carbocycles. The summed E-state index contributed by atoms with van der Waals surface area (Å²) in [5, 5.41) is 3.30. The molecule has 278 valence electrons. The van der Waals surface area contributed by atoms with Crippen LogP contribution in [-0.4, -0.2) is 66.3 Å². The fourth-order valence-electron chi connectivity index (χ4n) is 11.8. The third-order valence-corrected chi connectivity index (χ3v) is 14.7. The van der Waals surface area contributed by atoms with Gasteiger partial charge in [-0.25, -0.2) is 0 Å². The molecule has 3 N–H and O–H groups in total. The van der Waals surface area contributed by atoms with Crippen molar-refractivity contribution in [3.8, 4) is 0 Å². The number of likely N-dealkylation sites (tertiary alicyclic amines) is 1. The van der Waals surface area contributed by atoms with Gasteiger partial charge in [-0.3, -0.25) is 14.4 Å². The Morgan fingerprint density at radius 2 is 1.86 bits per heavy atom. The number of carbonyl (C=O) groups excluding carboxylic acids is 3. The molecule has 1 amide bonds. The second kappa shape index (κ2) is 15.0. The zero-order valence-corrected chi connectivity index (χ0v) is 31.8. The molecule has 0 aromatic heterocycles. The summed E-state index contributed by atoms with van der Waals surface area (Å²) in [6.07, 6.45) is 15.1. The molecule has 7 heteroatoms. The number of fused-ring (bicyclic) bond motifs is 6. The van der Waals surface area contributed by atoms with E-state index in [1.165, 1.54) is 17.6 Å². The van der Waals surface area contributed by atoms with Crippen LogP contribution >= 0.6 is 0 Å². The number of nitrogens with two attached hydrogens (primary N) is 1.